The number of hydrogen-bond acceptors (Lipinski definition) is 6. The van der Waals surface area contributed by atoms with Gasteiger partial charge in [-0.2, -0.15) is 0 Å². The van der Waals surface area contributed by atoms with Gasteiger partial charge < -0.3 is 19.5 Å². The highest BCUT2D eigenvalue weighted by Crippen LogP contribution is 2.30. The summed E-state index contributed by atoms with van der Waals surface area (Å²) in [5.41, 5.74) is 2.58. The first-order chi connectivity index (χ1) is 17.5. The van der Waals surface area contributed by atoms with Gasteiger partial charge in [-0.3, -0.25) is 14.5 Å². The molecule has 1 amide bonds. The van der Waals surface area contributed by atoms with Crippen molar-refractivity contribution in [3.05, 3.63) is 95.6 Å². The van der Waals surface area contributed by atoms with E-state index in [1.54, 1.807) is 36.2 Å². The van der Waals surface area contributed by atoms with E-state index >= 15 is 0 Å². The van der Waals surface area contributed by atoms with Crippen molar-refractivity contribution in [1.29, 1.82) is 0 Å². The molecule has 7 nitrogen and oxygen atoms in total. The summed E-state index contributed by atoms with van der Waals surface area (Å²) in [4.78, 5) is 30.8. The number of ether oxygens (including phenoxy) is 2. The number of ketones is 1. The van der Waals surface area contributed by atoms with E-state index in [4.69, 9.17) is 9.47 Å². The Morgan fingerprint density at radius 1 is 0.889 bits per heavy atom. The van der Waals surface area contributed by atoms with Crippen LogP contribution >= 0.6 is 0 Å². The van der Waals surface area contributed by atoms with Crippen molar-refractivity contribution in [2.75, 3.05) is 40.6 Å². The van der Waals surface area contributed by atoms with Gasteiger partial charge >= 0.3 is 0 Å². The molecule has 0 aromatic heterocycles. The van der Waals surface area contributed by atoms with Crippen molar-refractivity contribution in [3.8, 4) is 11.5 Å². The Morgan fingerprint density at radius 3 is 2.06 bits per heavy atom. The molecule has 1 aliphatic heterocycles. The van der Waals surface area contributed by atoms with Crippen molar-refractivity contribution in [2.24, 2.45) is 0 Å². The molecule has 0 bridgehead atoms. The Kier molecular flexibility index (Phi) is 8.36. The number of aliphatic hydroxyl groups excluding tert-OH is 1. The predicted molar refractivity (Wildman–Crippen MR) is 137 cm³/mol. The molecule has 7 heteroatoms. The predicted octanol–water partition coefficient (Wildman–Crippen LogP) is 3.11. The van der Waals surface area contributed by atoms with E-state index in [0.29, 0.717) is 24.6 Å². The molecule has 0 aliphatic carbocycles. The van der Waals surface area contributed by atoms with E-state index in [9.17, 15) is 14.7 Å². The summed E-state index contributed by atoms with van der Waals surface area (Å²) in [7, 11) is 3.13. The van der Waals surface area contributed by atoms with Gasteiger partial charge in [-0.25, -0.2) is 0 Å². The quantitative estimate of drug-likeness (QED) is 0.499. The number of nitrogens with zero attached hydrogens (tertiary/aromatic N) is 2. The van der Waals surface area contributed by atoms with Gasteiger partial charge in [0.2, 0.25) is 5.91 Å². The molecular weight excluding hydrogens is 456 g/mol. The highest BCUT2D eigenvalue weighted by atomic mass is 16.5. The van der Waals surface area contributed by atoms with Crippen molar-refractivity contribution in [1.82, 2.24) is 9.80 Å². The molecular formula is C29H32N2O5. The number of methoxy groups -OCH3 is 2. The third-order valence-electron chi connectivity index (χ3n) is 6.71. The molecule has 0 saturated carbocycles. The van der Waals surface area contributed by atoms with Gasteiger partial charge in [0, 0.05) is 19.6 Å². The number of aliphatic hydroxyl groups is 1. The number of rotatable bonds is 9. The summed E-state index contributed by atoms with van der Waals surface area (Å²) in [6, 6.07) is 24.1. The zero-order valence-corrected chi connectivity index (χ0v) is 20.7. The number of carbonyl (C=O) groups is 2. The molecule has 1 aliphatic rings. The Labute approximate surface area is 211 Å². The van der Waals surface area contributed by atoms with Gasteiger partial charge in [0.25, 0.3) is 0 Å². The summed E-state index contributed by atoms with van der Waals surface area (Å²) in [5.74, 6) is 0.560. The van der Waals surface area contributed by atoms with Crippen LogP contribution in [0.15, 0.2) is 78.9 Å². The van der Waals surface area contributed by atoms with Crippen LogP contribution in [0.2, 0.25) is 0 Å². The highest BCUT2D eigenvalue weighted by Gasteiger charge is 2.38. The first-order valence-electron chi connectivity index (χ1n) is 12.0. The fraction of sp³-hybridized carbons (Fsp3) is 0.310. The smallest absolute Gasteiger partial charge is 0.227 e. The Balaban J connectivity index is 1.56. The molecule has 0 spiro atoms. The normalized spacial score (nSPS) is 16.1. The second kappa shape index (κ2) is 11.8. The van der Waals surface area contributed by atoms with E-state index in [2.05, 4.69) is 0 Å². The maximum atomic E-state index is 14.0. The van der Waals surface area contributed by atoms with Crippen LogP contribution in [0, 0.1) is 0 Å². The van der Waals surface area contributed by atoms with E-state index in [1.165, 1.54) is 0 Å². The molecule has 188 valence electrons. The van der Waals surface area contributed by atoms with Crippen molar-refractivity contribution >= 4 is 11.7 Å². The lowest BCUT2D eigenvalue weighted by molar-refractivity contribution is -0.139. The van der Waals surface area contributed by atoms with Crippen molar-refractivity contribution < 1.29 is 24.2 Å². The van der Waals surface area contributed by atoms with Crippen LogP contribution in [0.4, 0.5) is 0 Å². The fourth-order valence-electron chi connectivity index (χ4n) is 4.77. The minimum absolute atomic E-state index is 0.0370. The first kappa shape index (κ1) is 25.4. The zero-order valence-electron chi connectivity index (χ0n) is 20.7. The molecule has 3 aromatic carbocycles. The van der Waals surface area contributed by atoms with E-state index in [1.807, 2.05) is 66.7 Å². The largest absolute Gasteiger partial charge is 0.493 e. The fourth-order valence-corrected chi connectivity index (χ4v) is 4.77. The lowest BCUT2D eigenvalue weighted by Crippen LogP contribution is -2.59. The van der Waals surface area contributed by atoms with Crippen molar-refractivity contribution in [3.63, 3.8) is 0 Å². The van der Waals surface area contributed by atoms with Crippen LogP contribution in [-0.4, -0.2) is 73.2 Å². The Bertz CT molecular complexity index is 1130. The number of amides is 1. The summed E-state index contributed by atoms with van der Waals surface area (Å²) in [6.45, 7) is 0.838. The average Bonchev–Trinajstić information content (AvgIpc) is 2.93. The molecule has 3 aromatic rings. The molecule has 0 radical (unpaired) electrons. The third kappa shape index (κ3) is 5.58. The number of piperazine rings is 1. The van der Waals surface area contributed by atoms with Crippen LogP contribution in [0.5, 0.6) is 11.5 Å². The molecule has 1 fully saturated rings. The molecule has 1 unspecified atom stereocenters. The minimum Gasteiger partial charge on any atom is -0.493 e. The molecule has 4 rings (SSSR count). The number of carbonyl (C=O) groups excluding carboxylic acids is 2. The van der Waals surface area contributed by atoms with Crippen LogP contribution in [0.1, 0.15) is 22.6 Å². The second-order valence-electron chi connectivity index (χ2n) is 8.83. The zero-order chi connectivity index (χ0) is 25.5. The van der Waals surface area contributed by atoms with E-state index in [0.717, 1.165) is 16.7 Å². The molecule has 1 heterocycles. The summed E-state index contributed by atoms with van der Waals surface area (Å²) in [6.07, 6.45) is 0.182. The van der Waals surface area contributed by atoms with Crippen LogP contribution < -0.4 is 9.47 Å². The van der Waals surface area contributed by atoms with E-state index in [-0.39, 0.29) is 31.4 Å². The molecule has 36 heavy (non-hydrogen) atoms. The first-order valence-corrected chi connectivity index (χ1v) is 12.0. The lowest BCUT2D eigenvalue weighted by Gasteiger charge is -2.41. The third-order valence-corrected chi connectivity index (χ3v) is 6.71. The van der Waals surface area contributed by atoms with Gasteiger partial charge in [-0.05, 0) is 28.8 Å². The van der Waals surface area contributed by atoms with Crippen LogP contribution in [0.3, 0.4) is 0 Å². The second-order valence-corrected chi connectivity index (χ2v) is 8.83. The lowest BCUT2D eigenvalue weighted by atomic mass is 9.84. The van der Waals surface area contributed by atoms with Crippen molar-refractivity contribution in [2.45, 2.75) is 18.4 Å². The van der Waals surface area contributed by atoms with Gasteiger partial charge in [-0.1, -0.05) is 66.7 Å². The number of Topliss-reactive ketones (excluding diaryl/α,β-unsaturated/α-hetero) is 1. The maximum absolute atomic E-state index is 14.0. The van der Waals surface area contributed by atoms with Crippen LogP contribution in [-0.2, 0) is 16.0 Å². The van der Waals surface area contributed by atoms with Gasteiger partial charge in [-0.15, -0.1) is 0 Å². The summed E-state index contributed by atoms with van der Waals surface area (Å²) >= 11 is 0. The van der Waals surface area contributed by atoms with Gasteiger partial charge in [0.05, 0.1) is 39.3 Å². The summed E-state index contributed by atoms with van der Waals surface area (Å²) < 4.78 is 10.6. The van der Waals surface area contributed by atoms with E-state index < -0.39 is 12.0 Å². The van der Waals surface area contributed by atoms with Crippen LogP contribution in [0.25, 0.3) is 0 Å². The van der Waals surface area contributed by atoms with Gasteiger partial charge in [0.1, 0.15) is 0 Å². The SMILES string of the molecule is COc1ccc(CC(=O)N2CCN(CO)C(C(=O)C(c3ccccc3)c3ccccc3)C2)cc1OC. The Hall–Kier alpha value is -3.68. The topological polar surface area (TPSA) is 79.3 Å². The standard InChI is InChI=1S/C29H32N2O5/c1-35-25-14-13-21(17-26(25)36-2)18-27(33)30-15-16-31(20-32)24(19-30)29(34)28(22-9-5-3-6-10-22)23-11-7-4-8-12-23/h3-14,17,24,28,32H,15-16,18-20H2,1-2H3. The average molecular weight is 489 g/mol. The minimum atomic E-state index is -0.622. The highest BCUT2D eigenvalue weighted by molar-refractivity contribution is 5.94. The maximum Gasteiger partial charge on any atom is 0.227 e. The number of benzene rings is 3. The van der Waals surface area contributed by atoms with Gasteiger partial charge in [0.15, 0.2) is 17.3 Å². The number of hydrogen-bond donors (Lipinski definition) is 1. The Morgan fingerprint density at radius 2 is 1.50 bits per heavy atom. The monoisotopic (exact) mass is 488 g/mol. The molecule has 1 N–H and O–H groups in total. The molecule has 1 saturated heterocycles. The molecule has 1 atom stereocenters. The summed E-state index contributed by atoms with van der Waals surface area (Å²) in [5, 5.41) is 10.0.